The maximum Gasteiger partial charge on any atom is 0.416 e. The molecule has 1 atom stereocenters. The summed E-state index contributed by atoms with van der Waals surface area (Å²) in [6.07, 6.45) is -3.18. The number of amides is 2. The molecule has 0 aliphatic carbocycles. The predicted molar refractivity (Wildman–Crippen MR) is 84.3 cm³/mol. The summed E-state index contributed by atoms with van der Waals surface area (Å²) in [6, 6.07) is 2.91. The quantitative estimate of drug-likeness (QED) is 0.666. The summed E-state index contributed by atoms with van der Waals surface area (Å²) in [7, 11) is 1.13. The Hall–Kier alpha value is -2.77. The van der Waals surface area contributed by atoms with Gasteiger partial charge in [-0.25, -0.2) is 9.59 Å². The molecule has 0 radical (unpaired) electrons. The highest BCUT2D eigenvalue weighted by molar-refractivity contribution is 5.95. The Morgan fingerprint density at radius 1 is 1.40 bits per heavy atom. The fraction of sp³-hybridized carbons (Fsp3) is 0.294. The second kappa shape index (κ2) is 7.00. The van der Waals surface area contributed by atoms with Gasteiger partial charge in [-0.3, -0.25) is 4.90 Å². The van der Waals surface area contributed by atoms with E-state index in [4.69, 9.17) is 4.74 Å². The maximum absolute atomic E-state index is 13.3. The monoisotopic (exact) mass is 354 g/mol. The zero-order chi connectivity index (χ0) is 18.8. The number of hydrogen-bond acceptors (Lipinski definition) is 3. The lowest BCUT2D eigenvalue weighted by Gasteiger charge is -2.35. The third kappa shape index (κ3) is 3.52. The van der Waals surface area contributed by atoms with E-state index in [1.54, 1.807) is 0 Å². The van der Waals surface area contributed by atoms with Crippen LogP contribution >= 0.6 is 0 Å². The summed E-state index contributed by atoms with van der Waals surface area (Å²) < 4.78 is 44.7. The number of alkyl halides is 3. The molecular formula is C17H17F3N2O3. The number of nitrogens with one attached hydrogen (secondary N) is 1. The summed E-state index contributed by atoms with van der Waals surface area (Å²) in [4.78, 5) is 25.7. The summed E-state index contributed by atoms with van der Waals surface area (Å²) in [6.45, 7) is 5.11. The molecule has 0 bridgehead atoms. The van der Waals surface area contributed by atoms with Crippen molar-refractivity contribution in [3.63, 3.8) is 0 Å². The number of ether oxygens (including phenoxy) is 1. The third-order valence-corrected chi connectivity index (χ3v) is 3.89. The van der Waals surface area contributed by atoms with Gasteiger partial charge in [-0.2, -0.15) is 13.2 Å². The highest BCUT2D eigenvalue weighted by Gasteiger charge is 2.41. The molecule has 0 spiro atoms. The van der Waals surface area contributed by atoms with E-state index in [2.05, 4.69) is 11.9 Å². The van der Waals surface area contributed by atoms with Crippen LogP contribution in [0.4, 0.5) is 18.0 Å². The lowest BCUT2D eigenvalue weighted by Crippen LogP contribution is -2.48. The number of nitrogens with zero attached hydrogens (tertiary/aromatic N) is 1. The van der Waals surface area contributed by atoms with Gasteiger partial charge >= 0.3 is 18.2 Å². The van der Waals surface area contributed by atoms with Gasteiger partial charge in [0.1, 0.15) is 0 Å². The van der Waals surface area contributed by atoms with Crippen LogP contribution < -0.4 is 5.32 Å². The number of benzene rings is 1. The zero-order valence-electron chi connectivity index (χ0n) is 13.7. The lowest BCUT2D eigenvalue weighted by molar-refractivity contribution is -0.140. The SMILES string of the molecule is C=CCN1C(=O)N[C@H](c2ccccc2C(F)(F)F)C(C(=O)OC)=C1C. The van der Waals surface area contributed by atoms with Crippen molar-refractivity contribution in [1.29, 1.82) is 0 Å². The Bertz CT molecular complexity index is 741. The van der Waals surface area contributed by atoms with Gasteiger partial charge < -0.3 is 10.1 Å². The van der Waals surface area contributed by atoms with Crippen LogP contribution in [0.1, 0.15) is 24.1 Å². The van der Waals surface area contributed by atoms with E-state index in [0.717, 1.165) is 13.2 Å². The maximum atomic E-state index is 13.3. The Morgan fingerprint density at radius 3 is 2.60 bits per heavy atom. The van der Waals surface area contributed by atoms with Crippen LogP contribution in [0.2, 0.25) is 0 Å². The lowest BCUT2D eigenvalue weighted by atomic mass is 9.91. The minimum atomic E-state index is -4.63. The molecule has 1 aromatic carbocycles. The smallest absolute Gasteiger partial charge is 0.416 e. The van der Waals surface area contributed by atoms with Gasteiger partial charge in [-0.1, -0.05) is 24.3 Å². The Kier molecular flexibility index (Phi) is 5.20. The normalized spacial score (nSPS) is 18.0. The molecule has 1 aliphatic heterocycles. The second-order valence-electron chi connectivity index (χ2n) is 5.36. The van der Waals surface area contributed by atoms with Crippen molar-refractivity contribution in [2.45, 2.75) is 19.1 Å². The fourth-order valence-electron chi connectivity index (χ4n) is 2.74. The van der Waals surface area contributed by atoms with Crippen LogP contribution in [0.3, 0.4) is 0 Å². The molecule has 0 saturated carbocycles. The number of esters is 1. The van der Waals surface area contributed by atoms with E-state index in [0.29, 0.717) is 0 Å². The second-order valence-corrected chi connectivity index (χ2v) is 5.36. The molecule has 2 amide bonds. The van der Waals surface area contributed by atoms with Crippen LogP contribution in [0, 0.1) is 0 Å². The van der Waals surface area contributed by atoms with Gasteiger partial charge in [0, 0.05) is 12.2 Å². The van der Waals surface area contributed by atoms with Crippen molar-refractivity contribution in [1.82, 2.24) is 10.2 Å². The summed E-state index contributed by atoms with van der Waals surface area (Å²) in [5.41, 5.74) is -0.980. The van der Waals surface area contributed by atoms with E-state index in [9.17, 15) is 22.8 Å². The molecule has 1 heterocycles. The molecule has 0 unspecified atom stereocenters. The number of carbonyl (C=O) groups is 2. The van der Waals surface area contributed by atoms with Crippen molar-refractivity contribution in [2.75, 3.05) is 13.7 Å². The van der Waals surface area contributed by atoms with Crippen molar-refractivity contribution < 1.29 is 27.5 Å². The van der Waals surface area contributed by atoms with E-state index >= 15 is 0 Å². The van der Waals surface area contributed by atoms with Gasteiger partial charge in [-0.15, -0.1) is 6.58 Å². The number of carbonyl (C=O) groups excluding carboxylic acids is 2. The molecule has 1 aromatic rings. The molecule has 8 heteroatoms. The molecule has 5 nitrogen and oxygen atoms in total. The molecule has 1 N–H and O–H groups in total. The first-order valence-electron chi connectivity index (χ1n) is 7.36. The van der Waals surface area contributed by atoms with Crippen molar-refractivity contribution in [3.05, 3.63) is 59.3 Å². The minimum Gasteiger partial charge on any atom is -0.466 e. The van der Waals surface area contributed by atoms with Gasteiger partial charge in [0.2, 0.25) is 0 Å². The number of halogens is 3. The fourth-order valence-corrected chi connectivity index (χ4v) is 2.74. The zero-order valence-corrected chi connectivity index (χ0v) is 13.7. The highest BCUT2D eigenvalue weighted by atomic mass is 19.4. The average molecular weight is 354 g/mol. The van der Waals surface area contributed by atoms with Gasteiger partial charge in [-0.05, 0) is 18.6 Å². The van der Waals surface area contributed by atoms with E-state index in [1.165, 1.54) is 36.1 Å². The first-order valence-corrected chi connectivity index (χ1v) is 7.36. The molecule has 0 saturated heterocycles. The minimum absolute atomic E-state index is 0.0550. The molecule has 0 aromatic heterocycles. The van der Waals surface area contributed by atoms with Gasteiger partial charge in [0.05, 0.1) is 24.3 Å². The molecule has 1 aliphatic rings. The van der Waals surface area contributed by atoms with Crippen LogP contribution in [-0.2, 0) is 15.7 Å². The molecule has 134 valence electrons. The summed E-state index contributed by atoms with van der Waals surface area (Å²) in [5, 5.41) is 2.46. The third-order valence-electron chi connectivity index (χ3n) is 3.89. The van der Waals surface area contributed by atoms with Crippen LogP contribution in [0.5, 0.6) is 0 Å². The molecule has 0 fully saturated rings. The van der Waals surface area contributed by atoms with E-state index < -0.39 is 29.8 Å². The Balaban J connectivity index is 2.67. The predicted octanol–water partition coefficient (Wildman–Crippen LogP) is 3.40. The Labute approximate surface area is 142 Å². The highest BCUT2D eigenvalue weighted by Crippen LogP contribution is 2.39. The number of urea groups is 1. The number of hydrogen-bond donors (Lipinski definition) is 1. The number of methoxy groups -OCH3 is 1. The first-order chi connectivity index (χ1) is 11.7. The first kappa shape index (κ1) is 18.6. The van der Waals surface area contributed by atoms with Crippen LogP contribution in [0.25, 0.3) is 0 Å². The number of rotatable bonds is 4. The summed E-state index contributed by atoms with van der Waals surface area (Å²) in [5.74, 6) is -0.812. The van der Waals surface area contributed by atoms with Crippen molar-refractivity contribution >= 4 is 12.0 Å². The van der Waals surface area contributed by atoms with Gasteiger partial charge in [0.15, 0.2) is 0 Å². The van der Waals surface area contributed by atoms with Crippen molar-refractivity contribution in [3.8, 4) is 0 Å². The molecular weight excluding hydrogens is 337 g/mol. The standard InChI is InChI=1S/C17H17F3N2O3/c1-4-9-22-10(2)13(15(23)25-3)14(21-16(22)24)11-7-5-6-8-12(11)17(18,19)20/h4-8,14H,1,9H2,2-3H3,(H,21,24)/t14-/m1/s1. The van der Waals surface area contributed by atoms with Crippen LogP contribution in [0.15, 0.2) is 48.2 Å². The largest absolute Gasteiger partial charge is 0.466 e. The molecule has 2 rings (SSSR count). The number of allylic oxidation sites excluding steroid dienone is 1. The van der Waals surface area contributed by atoms with Crippen molar-refractivity contribution in [2.24, 2.45) is 0 Å². The van der Waals surface area contributed by atoms with E-state index in [1.807, 2.05) is 0 Å². The summed E-state index contributed by atoms with van der Waals surface area (Å²) >= 11 is 0. The van der Waals surface area contributed by atoms with Gasteiger partial charge in [0.25, 0.3) is 0 Å². The average Bonchev–Trinajstić information content (AvgIpc) is 2.56. The Morgan fingerprint density at radius 2 is 2.04 bits per heavy atom. The topological polar surface area (TPSA) is 58.6 Å². The molecule has 25 heavy (non-hydrogen) atoms. The van der Waals surface area contributed by atoms with E-state index in [-0.39, 0.29) is 23.4 Å². The van der Waals surface area contributed by atoms with Crippen LogP contribution in [-0.4, -0.2) is 30.6 Å².